The summed E-state index contributed by atoms with van der Waals surface area (Å²) in [5.74, 6) is 1.85. The van der Waals surface area contributed by atoms with E-state index in [1.54, 1.807) is 26.5 Å². The molecule has 0 atom stereocenters. The molecule has 1 amide bonds. The number of ether oxygens (including phenoxy) is 2. The number of aryl methyl sites for hydroxylation is 3. The molecule has 0 aliphatic carbocycles. The number of carbonyl (C=O) groups is 1. The summed E-state index contributed by atoms with van der Waals surface area (Å²) in [5.41, 5.74) is 6.24. The fourth-order valence-corrected chi connectivity index (χ4v) is 3.82. The lowest BCUT2D eigenvalue weighted by Crippen LogP contribution is -2.15. The van der Waals surface area contributed by atoms with E-state index in [4.69, 9.17) is 19.6 Å². The topological polar surface area (TPSA) is 90.6 Å². The van der Waals surface area contributed by atoms with Crippen molar-refractivity contribution in [3.8, 4) is 22.8 Å². The number of nitrogens with zero attached hydrogens (tertiary/aromatic N) is 4. The van der Waals surface area contributed by atoms with Crippen LogP contribution < -0.4 is 14.8 Å². The van der Waals surface area contributed by atoms with E-state index in [9.17, 15) is 4.79 Å². The van der Waals surface area contributed by atoms with Gasteiger partial charge in [0.25, 0.3) is 0 Å². The zero-order chi connectivity index (χ0) is 23.5. The Morgan fingerprint density at radius 2 is 1.88 bits per heavy atom. The summed E-state index contributed by atoms with van der Waals surface area (Å²) in [6, 6.07) is 11.3. The number of methoxy groups -OCH3 is 2. The molecule has 3 heterocycles. The smallest absolute Gasteiger partial charge is 0.225 e. The molecule has 33 heavy (non-hydrogen) atoms. The lowest BCUT2D eigenvalue weighted by atomic mass is 10.1. The zero-order valence-corrected chi connectivity index (χ0v) is 19.5. The molecule has 0 saturated carbocycles. The van der Waals surface area contributed by atoms with Crippen molar-refractivity contribution in [2.75, 3.05) is 19.5 Å². The van der Waals surface area contributed by atoms with Crippen molar-refractivity contribution >= 4 is 17.4 Å². The van der Waals surface area contributed by atoms with E-state index in [0.29, 0.717) is 30.2 Å². The van der Waals surface area contributed by atoms with Gasteiger partial charge in [-0.15, -0.1) is 0 Å². The highest BCUT2D eigenvalue weighted by molar-refractivity contribution is 5.89. The first-order valence-corrected chi connectivity index (χ1v) is 10.7. The number of fused-ring (bicyclic) bond motifs is 1. The van der Waals surface area contributed by atoms with Crippen molar-refractivity contribution in [2.24, 2.45) is 0 Å². The van der Waals surface area contributed by atoms with Gasteiger partial charge in [-0.3, -0.25) is 4.79 Å². The number of hydrogen-bond acceptors (Lipinski definition) is 6. The maximum atomic E-state index is 12.5. The van der Waals surface area contributed by atoms with E-state index in [-0.39, 0.29) is 5.91 Å². The van der Waals surface area contributed by atoms with Crippen LogP contribution in [-0.2, 0) is 11.2 Å². The zero-order valence-electron chi connectivity index (χ0n) is 19.5. The van der Waals surface area contributed by atoms with Gasteiger partial charge in [-0.25, -0.2) is 14.5 Å². The van der Waals surface area contributed by atoms with Crippen LogP contribution in [0.25, 0.3) is 16.9 Å². The number of benzene rings is 1. The normalized spacial score (nSPS) is 10.9. The van der Waals surface area contributed by atoms with E-state index in [0.717, 1.165) is 39.4 Å². The van der Waals surface area contributed by atoms with Gasteiger partial charge in [0.2, 0.25) is 5.91 Å². The minimum Gasteiger partial charge on any atom is -0.497 e. The quantitative estimate of drug-likeness (QED) is 0.456. The molecule has 0 fully saturated rings. The van der Waals surface area contributed by atoms with Crippen LogP contribution in [0, 0.1) is 20.8 Å². The summed E-state index contributed by atoms with van der Waals surface area (Å²) in [4.78, 5) is 21.4. The second kappa shape index (κ2) is 9.28. The van der Waals surface area contributed by atoms with Gasteiger partial charge in [-0.2, -0.15) is 5.10 Å². The largest absolute Gasteiger partial charge is 0.497 e. The number of hydrogen-bond donors (Lipinski definition) is 1. The molecule has 0 saturated heterocycles. The van der Waals surface area contributed by atoms with Gasteiger partial charge in [-0.1, -0.05) is 6.07 Å². The first-order chi connectivity index (χ1) is 15.9. The van der Waals surface area contributed by atoms with Gasteiger partial charge >= 0.3 is 0 Å². The van der Waals surface area contributed by atoms with Gasteiger partial charge in [0.15, 0.2) is 5.65 Å². The maximum absolute atomic E-state index is 12.5. The molecule has 0 aliphatic heterocycles. The fourth-order valence-electron chi connectivity index (χ4n) is 3.82. The molecule has 0 bridgehead atoms. The van der Waals surface area contributed by atoms with Crippen LogP contribution in [0.5, 0.6) is 11.5 Å². The predicted molar refractivity (Wildman–Crippen MR) is 127 cm³/mol. The van der Waals surface area contributed by atoms with Crippen molar-refractivity contribution in [1.82, 2.24) is 19.6 Å². The third-order valence-corrected chi connectivity index (χ3v) is 5.63. The monoisotopic (exact) mass is 445 g/mol. The first kappa shape index (κ1) is 22.3. The summed E-state index contributed by atoms with van der Waals surface area (Å²) in [5, 5.41) is 7.62. The fraction of sp³-hybridized carbons (Fsp3) is 0.280. The molecular formula is C25H27N5O3. The number of nitrogens with one attached hydrogen (secondary N) is 1. The van der Waals surface area contributed by atoms with Crippen molar-refractivity contribution < 1.29 is 14.3 Å². The Labute approximate surface area is 192 Å². The average molecular weight is 446 g/mol. The van der Waals surface area contributed by atoms with Gasteiger partial charge < -0.3 is 14.8 Å². The van der Waals surface area contributed by atoms with E-state index < -0.39 is 0 Å². The molecule has 3 aromatic heterocycles. The standard InChI is InChI=1S/C25H27N5O3/c1-15-6-10-23(26-14-15)28-25(31)11-9-19-16(2)27-24-13-21(29-30(24)17(19)3)20-8-7-18(32-4)12-22(20)33-5/h6-8,10,12-14H,9,11H2,1-5H3,(H,26,28,31). The van der Waals surface area contributed by atoms with Gasteiger partial charge in [-0.05, 0) is 56.5 Å². The Bertz CT molecular complexity index is 1310. The van der Waals surface area contributed by atoms with Crippen molar-refractivity contribution in [2.45, 2.75) is 33.6 Å². The Morgan fingerprint density at radius 1 is 1.06 bits per heavy atom. The van der Waals surface area contributed by atoms with Crippen LogP contribution in [0.15, 0.2) is 42.6 Å². The number of rotatable bonds is 7. The number of anilines is 1. The third-order valence-electron chi connectivity index (χ3n) is 5.63. The third kappa shape index (κ3) is 4.64. The first-order valence-electron chi connectivity index (χ1n) is 10.7. The number of pyridine rings is 1. The Hall–Kier alpha value is -3.94. The average Bonchev–Trinajstić information content (AvgIpc) is 3.23. The molecular weight excluding hydrogens is 418 g/mol. The molecule has 8 nitrogen and oxygen atoms in total. The Kier molecular flexibility index (Phi) is 6.26. The van der Waals surface area contributed by atoms with Crippen LogP contribution >= 0.6 is 0 Å². The van der Waals surface area contributed by atoms with Crippen molar-refractivity contribution in [3.05, 3.63) is 65.1 Å². The van der Waals surface area contributed by atoms with Gasteiger partial charge in [0.1, 0.15) is 17.3 Å². The lowest BCUT2D eigenvalue weighted by Gasteiger charge is -2.11. The van der Waals surface area contributed by atoms with Crippen LogP contribution in [0.1, 0.15) is 28.9 Å². The highest BCUT2D eigenvalue weighted by Crippen LogP contribution is 2.33. The molecule has 0 unspecified atom stereocenters. The molecule has 4 rings (SSSR count). The molecule has 1 aromatic carbocycles. The summed E-state index contributed by atoms with van der Waals surface area (Å²) in [6.07, 6.45) is 2.61. The van der Waals surface area contributed by atoms with Crippen LogP contribution in [0.3, 0.4) is 0 Å². The second-order valence-electron chi connectivity index (χ2n) is 7.90. The summed E-state index contributed by atoms with van der Waals surface area (Å²) < 4.78 is 12.6. The molecule has 4 aromatic rings. The molecule has 8 heteroatoms. The highest BCUT2D eigenvalue weighted by atomic mass is 16.5. The summed E-state index contributed by atoms with van der Waals surface area (Å²) >= 11 is 0. The van der Waals surface area contributed by atoms with Crippen molar-refractivity contribution in [3.63, 3.8) is 0 Å². The van der Waals surface area contributed by atoms with Crippen LogP contribution in [-0.4, -0.2) is 39.7 Å². The van der Waals surface area contributed by atoms with Crippen LogP contribution in [0.2, 0.25) is 0 Å². The molecule has 170 valence electrons. The minimum absolute atomic E-state index is 0.0885. The molecule has 0 aliphatic rings. The molecule has 0 radical (unpaired) electrons. The SMILES string of the molecule is COc1ccc(-c2cc3nc(C)c(CCC(=O)Nc4ccc(C)cn4)c(C)n3n2)c(OC)c1. The van der Waals surface area contributed by atoms with Gasteiger partial charge in [0.05, 0.1) is 19.9 Å². The summed E-state index contributed by atoms with van der Waals surface area (Å²) in [6.45, 7) is 5.92. The van der Waals surface area contributed by atoms with Gasteiger partial charge in [0, 0.05) is 41.7 Å². The maximum Gasteiger partial charge on any atom is 0.225 e. The Balaban J connectivity index is 1.58. The second-order valence-corrected chi connectivity index (χ2v) is 7.90. The Morgan fingerprint density at radius 3 is 2.58 bits per heavy atom. The number of aromatic nitrogens is 4. The van der Waals surface area contributed by atoms with Crippen molar-refractivity contribution in [1.29, 1.82) is 0 Å². The van der Waals surface area contributed by atoms with Crippen LogP contribution in [0.4, 0.5) is 5.82 Å². The minimum atomic E-state index is -0.0885. The van der Waals surface area contributed by atoms with E-state index in [2.05, 4.69) is 10.3 Å². The molecule has 1 N–H and O–H groups in total. The number of amides is 1. The van der Waals surface area contributed by atoms with E-state index in [1.165, 1.54) is 0 Å². The summed E-state index contributed by atoms with van der Waals surface area (Å²) in [7, 11) is 3.24. The van der Waals surface area contributed by atoms with E-state index in [1.807, 2.05) is 55.6 Å². The molecule has 0 spiro atoms. The van der Waals surface area contributed by atoms with E-state index >= 15 is 0 Å². The predicted octanol–water partition coefficient (Wildman–Crippen LogP) is 4.31. The highest BCUT2D eigenvalue weighted by Gasteiger charge is 2.17. The lowest BCUT2D eigenvalue weighted by molar-refractivity contribution is -0.116. The number of carbonyl (C=O) groups excluding carboxylic acids is 1.